The van der Waals surface area contributed by atoms with Gasteiger partial charge in [-0.05, 0) is 43.5 Å². The zero-order valence-corrected chi connectivity index (χ0v) is 24.6. The molecular formula is C27H32F9N3O8. The number of ether oxygens (including phenoxy) is 1. The van der Waals surface area contributed by atoms with E-state index in [1.54, 1.807) is 0 Å². The number of carboxylic acids is 3. The van der Waals surface area contributed by atoms with Crippen molar-refractivity contribution >= 4 is 17.9 Å². The van der Waals surface area contributed by atoms with E-state index in [0.717, 1.165) is 50.7 Å². The molecular weight excluding hydrogens is 665 g/mol. The lowest BCUT2D eigenvalue weighted by Gasteiger charge is -2.49. The van der Waals surface area contributed by atoms with Gasteiger partial charge < -0.3 is 29.8 Å². The number of pyridine rings is 1. The molecule has 20 heteroatoms. The smallest absolute Gasteiger partial charge is 0.475 e. The second-order valence-corrected chi connectivity index (χ2v) is 10.1. The van der Waals surface area contributed by atoms with Crippen LogP contribution < -0.4 is 5.32 Å². The number of aromatic nitrogens is 1. The van der Waals surface area contributed by atoms with Crippen molar-refractivity contribution in [2.75, 3.05) is 19.7 Å². The molecule has 4 rings (SSSR count). The fourth-order valence-corrected chi connectivity index (χ4v) is 4.41. The van der Waals surface area contributed by atoms with Gasteiger partial charge in [0.1, 0.15) is 11.5 Å². The van der Waals surface area contributed by atoms with Gasteiger partial charge in [-0.15, -0.1) is 0 Å². The van der Waals surface area contributed by atoms with Gasteiger partial charge in [-0.1, -0.05) is 18.9 Å². The van der Waals surface area contributed by atoms with Crippen LogP contribution in [0.5, 0.6) is 0 Å². The average Bonchev–Trinajstić information content (AvgIpc) is 3.37. The highest BCUT2D eigenvalue weighted by atomic mass is 19.4. The van der Waals surface area contributed by atoms with Gasteiger partial charge in [0.05, 0.1) is 18.8 Å². The van der Waals surface area contributed by atoms with Crippen LogP contribution in [0, 0.1) is 6.92 Å². The van der Waals surface area contributed by atoms with E-state index in [4.69, 9.17) is 38.9 Å². The normalized spacial score (nSPS) is 20.0. The number of nitrogens with zero attached hydrogens (tertiary/aromatic N) is 2. The molecule has 11 nitrogen and oxygen atoms in total. The van der Waals surface area contributed by atoms with Crippen LogP contribution in [0.4, 0.5) is 39.5 Å². The Morgan fingerprint density at radius 3 is 1.94 bits per heavy atom. The van der Waals surface area contributed by atoms with Crippen LogP contribution in [0.1, 0.15) is 42.8 Å². The van der Waals surface area contributed by atoms with Crippen LogP contribution in [0.2, 0.25) is 0 Å². The molecule has 1 spiro atoms. The number of nitrogens with one attached hydrogen (secondary N) is 1. The number of aliphatic carboxylic acids is 3. The molecule has 0 amide bonds. The van der Waals surface area contributed by atoms with E-state index in [1.807, 2.05) is 31.5 Å². The highest BCUT2D eigenvalue weighted by Crippen LogP contribution is 2.35. The third-order valence-electron chi connectivity index (χ3n) is 6.44. The minimum Gasteiger partial charge on any atom is -0.475 e. The summed E-state index contributed by atoms with van der Waals surface area (Å²) in [5, 5.41) is 25.1. The van der Waals surface area contributed by atoms with Crippen LogP contribution in [0.3, 0.4) is 0 Å². The molecule has 2 atom stereocenters. The number of carbonyl (C=O) groups is 3. The number of halogens is 9. The van der Waals surface area contributed by atoms with E-state index in [0.29, 0.717) is 6.04 Å². The highest BCUT2D eigenvalue weighted by molar-refractivity contribution is 5.73. The summed E-state index contributed by atoms with van der Waals surface area (Å²) in [6.45, 7) is 6.46. The zero-order chi connectivity index (χ0) is 36.1. The summed E-state index contributed by atoms with van der Waals surface area (Å²) >= 11 is 0. The fourth-order valence-electron chi connectivity index (χ4n) is 4.41. The van der Waals surface area contributed by atoms with Crippen molar-refractivity contribution in [3.05, 3.63) is 53.7 Å². The monoisotopic (exact) mass is 697 g/mol. The van der Waals surface area contributed by atoms with E-state index in [1.165, 1.54) is 24.8 Å². The topological polar surface area (TPSA) is 162 Å². The Labute approximate surface area is 261 Å². The molecule has 266 valence electrons. The average molecular weight is 698 g/mol. The Morgan fingerprint density at radius 2 is 1.49 bits per heavy atom. The summed E-state index contributed by atoms with van der Waals surface area (Å²) in [5.74, 6) is -6.24. The van der Waals surface area contributed by atoms with Crippen LogP contribution in [0.25, 0.3) is 0 Å². The van der Waals surface area contributed by atoms with Gasteiger partial charge in [-0.2, -0.15) is 39.5 Å². The number of furan rings is 1. The molecule has 47 heavy (non-hydrogen) atoms. The molecule has 1 aliphatic carbocycles. The SMILES string of the molecule is Cc1ccc(CN2CCOC3(CCCCC3NCc3cccnc3)C2)o1.O=C(O)C(F)(F)F.O=C(O)C(F)(F)F.O=C(O)C(F)(F)F. The molecule has 2 aliphatic rings. The molecule has 1 aliphatic heterocycles. The minimum absolute atomic E-state index is 0.0830. The molecule has 1 saturated heterocycles. The van der Waals surface area contributed by atoms with Crippen molar-refractivity contribution in [2.24, 2.45) is 0 Å². The third-order valence-corrected chi connectivity index (χ3v) is 6.44. The lowest BCUT2D eigenvalue weighted by molar-refractivity contribution is -0.193. The lowest BCUT2D eigenvalue weighted by atomic mass is 9.78. The first kappa shape index (κ1) is 41.1. The van der Waals surface area contributed by atoms with E-state index in [-0.39, 0.29) is 5.60 Å². The van der Waals surface area contributed by atoms with Crippen LogP contribution in [-0.2, 0) is 32.2 Å². The number of hydrogen-bond donors (Lipinski definition) is 4. The number of aryl methyl sites for hydroxylation is 1. The molecule has 0 bridgehead atoms. The Balaban J connectivity index is 0.000000430. The maximum Gasteiger partial charge on any atom is 0.490 e. The van der Waals surface area contributed by atoms with E-state index in [9.17, 15) is 39.5 Å². The first-order valence-electron chi connectivity index (χ1n) is 13.5. The molecule has 2 fully saturated rings. The van der Waals surface area contributed by atoms with Gasteiger partial charge in [0.2, 0.25) is 0 Å². The molecule has 0 aromatic carbocycles. The first-order valence-corrected chi connectivity index (χ1v) is 13.5. The second-order valence-electron chi connectivity index (χ2n) is 10.1. The van der Waals surface area contributed by atoms with E-state index in [2.05, 4.69) is 27.3 Å². The summed E-state index contributed by atoms with van der Waals surface area (Å²) in [6, 6.07) is 8.65. The number of hydrogen-bond acceptors (Lipinski definition) is 8. The van der Waals surface area contributed by atoms with Crippen molar-refractivity contribution < 1.29 is 78.4 Å². The van der Waals surface area contributed by atoms with Crippen LogP contribution >= 0.6 is 0 Å². The maximum absolute atomic E-state index is 10.6. The largest absolute Gasteiger partial charge is 0.490 e. The molecule has 4 N–H and O–H groups in total. The van der Waals surface area contributed by atoms with Gasteiger partial charge >= 0.3 is 36.4 Å². The van der Waals surface area contributed by atoms with Gasteiger partial charge in [0.25, 0.3) is 0 Å². The lowest BCUT2D eigenvalue weighted by Crippen LogP contribution is -2.63. The minimum atomic E-state index is -5.08. The van der Waals surface area contributed by atoms with Gasteiger partial charge in [-0.25, -0.2) is 14.4 Å². The summed E-state index contributed by atoms with van der Waals surface area (Å²) < 4.78 is 107. The van der Waals surface area contributed by atoms with Crippen molar-refractivity contribution in [1.29, 1.82) is 0 Å². The van der Waals surface area contributed by atoms with Crippen molar-refractivity contribution in [3.8, 4) is 0 Å². The number of alkyl halides is 9. The summed E-state index contributed by atoms with van der Waals surface area (Å²) in [7, 11) is 0. The van der Waals surface area contributed by atoms with Crippen molar-refractivity contribution in [2.45, 2.75) is 75.9 Å². The summed E-state index contributed by atoms with van der Waals surface area (Å²) in [6.07, 6.45) is -6.66. The number of rotatable bonds is 5. The van der Waals surface area contributed by atoms with Gasteiger partial charge in [-0.3, -0.25) is 9.88 Å². The first-order chi connectivity index (χ1) is 21.6. The Bertz CT molecular complexity index is 1210. The molecule has 0 radical (unpaired) electrons. The summed E-state index contributed by atoms with van der Waals surface area (Å²) in [5.41, 5.74) is 1.15. The predicted molar refractivity (Wildman–Crippen MR) is 142 cm³/mol. The zero-order valence-electron chi connectivity index (χ0n) is 24.6. The summed E-state index contributed by atoms with van der Waals surface area (Å²) in [4.78, 5) is 33.4. The third kappa shape index (κ3) is 15.5. The molecule has 1 saturated carbocycles. The van der Waals surface area contributed by atoms with Crippen molar-refractivity contribution in [3.63, 3.8) is 0 Å². The molecule has 2 aromatic heterocycles. The second kappa shape index (κ2) is 17.9. The van der Waals surface area contributed by atoms with Crippen LogP contribution in [-0.4, -0.2) is 93.0 Å². The quantitative estimate of drug-likeness (QED) is 0.305. The molecule has 2 aromatic rings. The Hall–Kier alpha value is -3.91. The van der Waals surface area contributed by atoms with E-state index >= 15 is 0 Å². The van der Waals surface area contributed by atoms with Gasteiger partial charge in [0.15, 0.2) is 0 Å². The Kier molecular flexibility index (Phi) is 15.6. The molecule has 3 heterocycles. The predicted octanol–water partition coefficient (Wildman–Crippen LogP) is 5.19. The highest BCUT2D eigenvalue weighted by Gasteiger charge is 2.45. The van der Waals surface area contributed by atoms with E-state index < -0.39 is 36.4 Å². The Morgan fingerprint density at radius 1 is 0.936 bits per heavy atom. The fraction of sp³-hybridized carbons (Fsp3) is 0.556. The van der Waals surface area contributed by atoms with Crippen molar-refractivity contribution in [1.82, 2.24) is 15.2 Å². The molecule has 2 unspecified atom stereocenters. The number of carboxylic acid groups (broad SMARTS) is 3. The van der Waals surface area contributed by atoms with Gasteiger partial charge in [0, 0.05) is 38.1 Å². The number of morpholine rings is 1. The maximum atomic E-state index is 10.6. The standard InChI is InChI=1S/C21H29N3O2.3C2HF3O2/c1-17-7-8-19(26-17)15-24-11-12-25-21(16-24)9-3-2-6-20(21)23-14-18-5-4-10-22-13-18;3*3-2(4,5)1(6)7/h4-5,7-8,10,13,20,23H,2-3,6,9,11-12,14-16H2,1H3;3*(H,6,7). The van der Waals surface area contributed by atoms with Crippen LogP contribution in [0.15, 0.2) is 41.1 Å².